The third-order valence-electron chi connectivity index (χ3n) is 2.67. The van der Waals surface area contributed by atoms with Crippen molar-refractivity contribution in [2.45, 2.75) is 13.1 Å². The molecule has 0 atom stereocenters. The molecule has 0 amide bonds. The van der Waals surface area contributed by atoms with E-state index in [-0.39, 0.29) is 5.69 Å². The number of aromatic amines is 1. The molecule has 3 rings (SSSR count). The van der Waals surface area contributed by atoms with Crippen molar-refractivity contribution in [1.29, 1.82) is 0 Å². The number of aromatic nitrogens is 3. The van der Waals surface area contributed by atoms with Gasteiger partial charge >= 0.3 is 6.18 Å². The molecule has 4 nitrogen and oxygen atoms in total. The standard InChI is InChI=1S/C12H8F3N3O/c1-6-16-8-3-2-7(4-10(8)19-6)9-5-11(18-17-9)12(13,14)15/h2-5H,1H3,(H,17,18). The lowest BCUT2D eigenvalue weighted by Gasteiger charge is -1.99. The van der Waals surface area contributed by atoms with E-state index < -0.39 is 11.9 Å². The Morgan fingerprint density at radius 1 is 1.21 bits per heavy atom. The van der Waals surface area contributed by atoms with E-state index in [4.69, 9.17) is 4.42 Å². The fraction of sp³-hybridized carbons (Fsp3) is 0.167. The van der Waals surface area contributed by atoms with Crippen LogP contribution in [0, 0.1) is 6.92 Å². The zero-order chi connectivity index (χ0) is 13.6. The highest BCUT2D eigenvalue weighted by Gasteiger charge is 2.33. The van der Waals surface area contributed by atoms with Gasteiger partial charge in [-0.3, -0.25) is 5.10 Å². The molecule has 2 aromatic heterocycles. The van der Waals surface area contributed by atoms with E-state index >= 15 is 0 Å². The Kier molecular flexibility index (Phi) is 2.38. The quantitative estimate of drug-likeness (QED) is 0.733. The van der Waals surface area contributed by atoms with E-state index in [0.29, 0.717) is 22.6 Å². The number of rotatable bonds is 1. The van der Waals surface area contributed by atoms with Crippen molar-refractivity contribution in [3.63, 3.8) is 0 Å². The van der Waals surface area contributed by atoms with Crippen LogP contribution in [-0.2, 0) is 6.18 Å². The van der Waals surface area contributed by atoms with Crippen molar-refractivity contribution in [2.75, 3.05) is 0 Å². The number of H-pyrrole nitrogens is 1. The van der Waals surface area contributed by atoms with Gasteiger partial charge in [-0.15, -0.1) is 0 Å². The Hall–Kier alpha value is -2.31. The fourth-order valence-electron chi connectivity index (χ4n) is 1.81. The first-order valence-corrected chi connectivity index (χ1v) is 5.44. The lowest BCUT2D eigenvalue weighted by molar-refractivity contribution is -0.141. The van der Waals surface area contributed by atoms with Crippen LogP contribution in [0.25, 0.3) is 22.4 Å². The Morgan fingerprint density at radius 2 is 2.00 bits per heavy atom. The minimum Gasteiger partial charge on any atom is -0.441 e. The summed E-state index contributed by atoms with van der Waals surface area (Å²) in [7, 11) is 0. The third kappa shape index (κ3) is 2.07. The minimum atomic E-state index is -4.43. The largest absolute Gasteiger partial charge is 0.441 e. The molecule has 0 aliphatic rings. The number of hydrogen-bond acceptors (Lipinski definition) is 3. The highest BCUT2D eigenvalue weighted by atomic mass is 19.4. The first-order valence-electron chi connectivity index (χ1n) is 5.44. The van der Waals surface area contributed by atoms with Gasteiger partial charge < -0.3 is 4.42 Å². The van der Waals surface area contributed by atoms with Gasteiger partial charge in [0, 0.05) is 12.5 Å². The van der Waals surface area contributed by atoms with E-state index in [1.807, 2.05) is 5.10 Å². The lowest BCUT2D eigenvalue weighted by atomic mass is 10.1. The minimum absolute atomic E-state index is 0.211. The maximum atomic E-state index is 12.5. The summed E-state index contributed by atoms with van der Waals surface area (Å²) in [5.41, 5.74) is 1.05. The average Bonchev–Trinajstić information content (AvgIpc) is 2.90. The van der Waals surface area contributed by atoms with Crippen LogP contribution in [0.2, 0.25) is 0 Å². The Balaban J connectivity index is 2.06. The summed E-state index contributed by atoms with van der Waals surface area (Å²) in [5, 5.41) is 5.64. The number of alkyl halides is 3. The van der Waals surface area contributed by atoms with E-state index in [0.717, 1.165) is 6.07 Å². The lowest BCUT2D eigenvalue weighted by Crippen LogP contribution is -2.04. The van der Waals surface area contributed by atoms with Gasteiger partial charge in [-0.05, 0) is 18.2 Å². The van der Waals surface area contributed by atoms with Crippen molar-refractivity contribution in [3.05, 3.63) is 35.9 Å². The van der Waals surface area contributed by atoms with E-state index in [1.165, 1.54) is 0 Å². The number of fused-ring (bicyclic) bond motifs is 1. The van der Waals surface area contributed by atoms with Crippen molar-refractivity contribution in [1.82, 2.24) is 15.2 Å². The van der Waals surface area contributed by atoms with Gasteiger partial charge in [0.05, 0.1) is 5.69 Å². The van der Waals surface area contributed by atoms with E-state index in [1.54, 1.807) is 25.1 Å². The third-order valence-corrected chi connectivity index (χ3v) is 2.67. The predicted octanol–water partition coefficient (Wildman–Crippen LogP) is 3.55. The van der Waals surface area contributed by atoms with Gasteiger partial charge in [0.1, 0.15) is 11.2 Å². The molecule has 0 aliphatic carbocycles. The van der Waals surface area contributed by atoms with Crippen LogP contribution in [0.5, 0.6) is 0 Å². The second kappa shape index (κ2) is 3.84. The average molecular weight is 267 g/mol. The number of halogens is 3. The smallest absolute Gasteiger partial charge is 0.432 e. The topological polar surface area (TPSA) is 54.7 Å². The Morgan fingerprint density at radius 3 is 2.68 bits per heavy atom. The van der Waals surface area contributed by atoms with Gasteiger partial charge in [-0.1, -0.05) is 6.07 Å². The van der Waals surface area contributed by atoms with Crippen LogP contribution in [0.15, 0.2) is 28.7 Å². The van der Waals surface area contributed by atoms with Gasteiger partial charge in [-0.25, -0.2) is 4.98 Å². The van der Waals surface area contributed by atoms with Crippen LogP contribution >= 0.6 is 0 Å². The molecule has 98 valence electrons. The molecule has 2 heterocycles. The molecule has 19 heavy (non-hydrogen) atoms. The highest BCUT2D eigenvalue weighted by Crippen LogP contribution is 2.31. The molecular weight excluding hydrogens is 259 g/mol. The molecule has 0 bridgehead atoms. The van der Waals surface area contributed by atoms with E-state index in [9.17, 15) is 13.2 Å². The Labute approximate surface area is 105 Å². The zero-order valence-corrected chi connectivity index (χ0v) is 9.75. The second-order valence-electron chi connectivity index (χ2n) is 4.08. The summed E-state index contributed by atoms with van der Waals surface area (Å²) < 4.78 is 42.8. The van der Waals surface area contributed by atoms with Crippen LogP contribution in [0.3, 0.4) is 0 Å². The number of aryl methyl sites for hydroxylation is 1. The molecule has 3 aromatic rings. The number of nitrogens with zero attached hydrogens (tertiary/aromatic N) is 2. The number of oxazole rings is 1. The molecule has 7 heteroatoms. The van der Waals surface area contributed by atoms with E-state index in [2.05, 4.69) is 10.1 Å². The maximum Gasteiger partial charge on any atom is 0.432 e. The maximum absolute atomic E-state index is 12.5. The summed E-state index contributed by atoms with van der Waals surface area (Å²) in [6.07, 6.45) is -4.43. The van der Waals surface area contributed by atoms with Crippen LogP contribution < -0.4 is 0 Å². The van der Waals surface area contributed by atoms with Crippen molar-refractivity contribution in [3.8, 4) is 11.3 Å². The molecule has 0 aliphatic heterocycles. The molecule has 0 fully saturated rings. The first kappa shape index (κ1) is 11.8. The van der Waals surface area contributed by atoms with Gasteiger partial charge in [0.25, 0.3) is 0 Å². The summed E-state index contributed by atoms with van der Waals surface area (Å²) in [6.45, 7) is 1.70. The number of hydrogen-bond donors (Lipinski definition) is 1. The van der Waals surface area contributed by atoms with Crippen molar-refractivity contribution >= 4 is 11.1 Å². The van der Waals surface area contributed by atoms with Gasteiger partial charge in [0.2, 0.25) is 0 Å². The second-order valence-corrected chi connectivity index (χ2v) is 4.08. The predicted molar refractivity (Wildman–Crippen MR) is 61.3 cm³/mol. The molecule has 0 saturated carbocycles. The normalized spacial score (nSPS) is 12.2. The molecule has 0 unspecified atom stereocenters. The molecule has 1 aromatic carbocycles. The molecule has 0 radical (unpaired) electrons. The van der Waals surface area contributed by atoms with Crippen molar-refractivity contribution in [2.24, 2.45) is 0 Å². The SMILES string of the molecule is Cc1nc2ccc(-c3cc(C(F)(F)F)[nH]n3)cc2o1. The Bertz CT molecular complexity index is 742. The molecule has 0 saturated heterocycles. The summed E-state index contributed by atoms with van der Waals surface area (Å²) in [4.78, 5) is 4.12. The summed E-state index contributed by atoms with van der Waals surface area (Å²) in [6, 6.07) is 5.92. The van der Waals surface area contributed by atoms with Crippen LogP contribution in [0.4, 0.5) is 13.2 Å². The fourth-order valence-corrected chi connectivity index (χ4v) is 1.81. The van der Waals surface area contributed by atoms with Gasteiger partial charge in [-0.2, -0.15) is 18.3 Å². The molecule has 1 N–H and O–H groups in total. The highest BCUT2D eigenvalue weighted by molar-refractivity contribution is 5.79. The van der Waals surface area contributed by atoms with Crippen LogP contribution in [0.1, 0.15) is 11.6 Å². The summed E-state index contributed by atoms with van der Waals surface area (Å²) >= 11 is 0. The molecule has 0 spiro atoms. The monoisotopic (exact) mass is 267 g/mol. The summed E-state index contributed by atoms with van der Waals surface area (Å²) in [5.74, 6) is 0.505. The molecular formula is C12H8F3N3O. The van der Waals surface area contributed by atoms with Crippen molar-refractivity contribution < 1.29 is 17.6 Å². The number of nitrogens with one attached hydrogen (secondary N) is 1. The van der Waals surface area contributed by atoms with Crippen LogP contribution in [-0.4, -0.2) is 15.2 Å². The van der Waals surface area contributed by atoms with Gasteiger partial charge in [0.15, 0.2) is 11.5 Å². The first-order chi connectivity index (χ1) is 8.93. The zero-order valence-electron chi connectivity index (χ0n) is 9.75. The number of benzene rings is 1.